The van der Waals surface area contributed by atoms with Crippen LogP contribution < -0.4 is 0 Å². The summed E-state index contributed by atoms with van der Waals surface area (Å²) in [4.78, 5) is 2.95. The lowest BCUT2D eigenvalue weighted by Gasteiger charge is -2.07. The van der Waals surface area contributed by atoms with Crippen molar-refractivity contribution in [3.8, 4) is 0 Å². The second-order valence-electron chi connectivity index (χ2n) is 4.89. The van der Waals surface area contributed by atoms with Gasteiger partial charge in [-0.25, -0.2) is 4.39 Å². The number of nitrogens with one attached hydrogen (secondary N) is 1. The number of aryl methyl sites for hydroxylation is 3. The van der Waals surface area contributed by atoms with Gasteiger partial charge in [0.05, 0.1) is 5.52 Å². The maximum Gasteiger partial charge on any atom is 0.178 e. The summed E-state index contributed by atoms with van der Waals surface area (Å²) in [6, 6.07) is 13.3. The number of fused-ring (bicyclic) bond motifs is 1. The molecule has 0 saturated heterocycles. The number of hydrogen-bond donors (Lipinski definition) is 1. The van der Waals surface area contributed by atoms with Gasteiger partial charge in [0.1, 0.15) is 11.3 Å². The third-order valence-corrected chi connectivity index (χ3v) is 3.95. The van der Waals surface area contributed by atoms with Crippen molar-refractivity contribution in [3.05, 3.63) is 64.2 Å². The number of imidazole rings is 1. The van der Waals surface area contributed by atoms with Gasteiger partial charge in [0.15, 0.2) is 4.77 Å². The lowest BCUT2D eigenvalue weighted by atomic mass is 10.1. The quantitative estimate of drug-likeness (QED) is 0.708. The van der Waals surface area contributed by atoms with Crippen molar-refractivity contribution in [3.63, 3.8) is 0 Å². The Morgan fingerprint density at radius 3 is 2.75 bits per heavy atom. The lowest BCUT2D eigenvalue weighted by molar-refractivity contribution is 0.637. The minimum absolute atomic E-state index is 0.261. The number of rotatable bonds is 3. The van der Waals surface area contributed by atoms with Gasteiger partial charge < -0.3 is 9.55 Å². The third-order valence-electron chi connectivity index (χ3n) is 3.63. The highest BCUT2D eigenvalue weighted by Crippen LogP contribution is 2.18. The van der Waals surface area contributed by atoms with Gasteiger partial charge in [-0.05, 0) is 48.8 Å². The fourth-order valence-electron chi connectivity index (χ4n) is 2.49. The second-order valence-corrected chi connectivity index (χ2v) is 5.28. The van der Waals surface area contributed by atoms with Crippen LogP contribution in [0.3, 0.4) is 0 Å². The van der Waals surface area contributed by atoms with Crippen LogP contribution in [0.4, 0.5) is 4.39 Å². The minimum atomic E-state index is -0.261. The molecule has 20 heavy (non-hydrogen) atoms. The van der Waals surface area contributed by atoms with Crippen LogP contribution in [0.2, 0.25) is 0 Å². The summed E-state index contributed by atoms with van der Waals surface area (Å²) in [6.45, 7) is 2.84. The van der Waals surface area contributed by atoms with Crippen LogP contribution in [0.1, 0.15) is 11.1 Å². The smallest absolute Gasteiger partial charge is 0.178 e. The third kappa shape index (κ3) is 2.27. The van der Waals surface area contributed by atoms with Gasteiger partial charge in [-0.1, -0.05) is 30.3 Å². The largest absolute Gasteiger partial charge is 0.328 e. The summed E-state index contributed by atoms with van der Waals surface area (Å²) >= 11 is 5.30. The molecule has 102 valence electrons. The molecule has 4 heteroatoms. The molecule has 0 saturated carbocycles. The summed E-state index contributed by atoms with van der Waals surface area (Å²) in [7, 11) is 0. The van der Waals surface area contributed by atoms with Crippen molar-refractivity contribution in [2.24, 2.45) is 0 Å². The fraction of sp³-hybridized carbons (Fsp3) is 0.188. The van der Waals surface area contributed by atoms with Crippen LogP contribution in [0, 0.1) is 17.5 Å². The van der Waals surface area contributed by atoms with E-state index in [9.17, 15) is 4.39 Å². The van der Waals surface area contributed by atoms with E-state index in [1.54, 1.807) is 6.07 Å². The van der Waals surface area contributed by atoms with E-state index >= 15 is 0 Å². The Kier molecular flexibility index (Phi) is 3.40. The van der Waals surface area contributed by atoms with Gasteiger partial charge in [0, 0.05) is 6.54 Å². The first kappa shape index (κ1) is 13.1. The van der Waals surface area contributed by atoms with E-state index in [1.165, 1.54) is 17.2 Å². The van der Waals surface area contributed by atoms with Crippen LogP contribution in [0.15, 0.2) is 42.5 Å². The maximum absolute atomic E-state index is 13.7. The van der Waals surface area contributed by atoms with E-state index < -0.39 is 0 Å². The number of halogens is 1. The molecule has 2 nitrogen and oxygen atoms in total. The van der Waals surface area contributed by atoms with Gasteiger partial charge in [0.25, 0.3) is 0 Å². The maximum atomic E-state index is 13.7. The van der Waals surface area contributed by atoms with Gasteiger partial charge in [-0.15, -0.1) is 0 Å². The van der Waals surface area contributed by atoms with Gasteiger partial charge >= 0.3 is 0 Å². The predicted molar refractivity (Wildman–Crippen MR) is 82.0 cm³/mol. The molecule has 0 aliphatic carbocycles. The zero-order chi connectivity index (χ0) is 14.1. The van der Waals surface area contributed by atoms with E-state index in [0.29, 0.717) is 10.3 Å². The van der Waals surface area contributed by atoms with Gasteiger partial charge in [-0.2, -0.15) is 0 Å². The number of para-hydroxylation sites is 1. The van der Waals surface area contributed by atoms with Crippen LogP contribution in [-0.2, 0) is 13.0 Å². The average molecular weight is 286 g/mol. The van der Waals surface area contributed by atoms with Crippen molar-refractivity contribution >= 4 is 23.3 Å². The molecule has 0 bridgehead atoms. The standard InChI is InChI=1S/C16H15FN2S/c1-11-5-2-3-6-12(11)9-10-19-14-8-4-7-13(17)15(14)18-16(19)20/h2-8H,9-10H2,1H3,(H,18,20). The number of H-pyrrole nitrogens is 1. The lowest BCUT2D eigenvalue weighted by Crippen LogP contribution is -2.02. The Hall–Kier alpha value is -1.94. The molecule has 1 aromatic heterocycles. The van der Waals surface area contributed by atoms with Gasteiger partial charge in [0.2, 0.25) is 0 Å². The topological polar surface area (TPSA) is 20.7 Å². The number of benzene rings is 2. The Balaban J connectivity index is 1.96. The number of hydrogen-bond acceptors (Lipinski definition) is 1. The summed E-state index contributed by atoms with van der Waals surface area (Å²) in [5, 5.41) is 0. The first-order valence-electron chi connectivity index (χ1n) is 6.58. The zero-order valence-electron chi connectivity index (χ0n) is 11.2. The highest BCUT2D eigenvalue weighted by molar-refractivity contribution is 7.71. The van der Waals surface area contributed by atoms with E-state index in [0.717, 1.165) is 18.5 Å². The molecule has 1 N–H and O–H groups in total. The summed E-state index contributed by atoms with van der Waals surface area (Å²) in [5.41, 5.74) is 3.87. The SMILES string of the molecule is Cc1ccccc1CCn1c(=S)[nH]c2c(F)cccc21. The molecular formula is C16H15FN2S. The number of aromatic nitrogens is 2. The van der Waals surface area contributed by atoms with Crippen LogP contribution in [-0.4, -0.2) is 9.55 Å². The Morgan fingerprint density at radius 1 is 1.15 bits per heavy atom. The monoisotopic (exact) mass is 286 g/mol. The Labute approximate surface area is 121 Å². The molecule has 0 amide bonds. The summed E-state index contributed by atoms with van der Waals surface area (Å²) < 4.78 is 16.2. The van der Waals surface area contributed by atoms with Crippen LogP contribution in [0.25, 0.3) is 11.0 Å². The molecule has 1 heterocycles. The first-order valence-corrected chi connectivity index (χ1v) is 6.99. The number of aromatic amines is 1. The Bertz CT molecular complexity index is 817. The van der Waals surface area contributed by atoms with E-state index in [-0.39, 0.29) is 5.82 Å². The van der Waals surface area contributed by atoms with Crippen LogP contribution >= 0.6 is 12.2 Å². The second kappa shape index (κ2) is 5.21. The van der Waals surface area contributed by atoms with Gasteiger partial charge in [-0.3, -0.25) is 0 Å². The Morgan fingerprint density at radius 2 is 1.95 bits per heavy atom. The molecule has 3 aromatic rings. The van der Waals surface area contributed by atoms with Crippen molar-refractivity contribution in [2.45, 2.75) is 19.9 Å². The summed E-state index contributed by atoms with van der Waals surface area (Å²) in [5.74, 6) is -0.261. The predicted octanol–water partition coefficient (Wildman–Crippen LogP) is 4.39. The van der Waals surface area contributed by atoms with Crippen molar-refractivity contribution in [2.75, 3.05) is 0 Å². The van der Waals surface area contributed by atoms with E-state index in [2.05, 4.69) is 24.0 Å². The molecule has 0 aliphatic rings. The van der Waals surface area contributed by atoms with E-state index in [4.69, 9.17) is 12.2 Å². The minimum Gasteiger partial charge on any atom is -0.328 e. The molecule has 0 atom stereocenters. The normalized spacial score (nSPS) is 11.1. The average Bonchev–Trinajstić information content (AvgIpc) is 2.76. The summed E-state index contributed by atoms with van der Waals surface area (Å²) in [6.07, 6.45) is 0.879. The molecule has 0 unspecified atom stereocenters. The highest BCUT2D eigenvalue weighted by atomic mass is 32.1. The molecule has 2 aromatic carbocycles. The van der Waals surface area contributed by atoms with Crippen molar-refractivity contribution in [1.29, 1.82) is 0 Å². The van der Waals surface area contributed by atoms with Crippen molar-refractivity contribution in [1.82, 2.24) is 9.55 Å². The first-order chi connectivity index (χ1) is 9.66. The molecule has 0 radical (unpaired) electrons. The zero-order valence-corrected chi connectivity index (χ0v) is 12.0. The molecule has 0 spiro atoms. The molecule has 3 rings (SSSR count). The molecule has 0 fully saturated rings. The molecule has 0 aliphatic heterocycles. The van der Waals surface area contributed by atoms with E-state index in [1.807, 2.05) is 22.8 Å². The number of nitrogens with zero attached hydrogens (tertiary/aromatic N) is 1. The fourth-order valence-corrected chi connectivity index (χ4v) is 2.78. The highest BCUT2D eigenvalue weighted by Gasteiger charge is 2.08. The van der Waals surface area contributed by atoms with Crippen molar-refractivity contribution < 1.29 is 4.39 Å². The molecular weight excluding hydrogens is 271 g/mol. The van der Waals surface area contributed by atoms with Crippen LogP contribution in [0.5, 0.6) is 0 Å².